The monoisotopic (exact) mass is 386 g/mol. The van der Waals surface area contributed by atoms with Gasteiger partial charge in [-0.1, -0.05) is 19.7 Å². The number of carbonyl (C=O) groups is 3. The van der Waals surface area contributed by atoms with Crippen LogP contribution in [0.25, 0.3) is 0 Å². The largest absolute Gasteiger partial charge is 0.461 e. The quantitative estimate of drug-likeness (QED) is 0.254. The van der Waals surface area contributed by atoms with E-state index < -0.39 is 55.5 Å². The molecule has 0 rings (SSSR count). The Morgan fingerprint density at radius 2 is 1.11 bits per heavy atom. The molecule has 9 heteroatoms. The van der Waals surface area contributed by atoms with E-state index in [1.165, 1.54) is 20.8 Å². The number of carbonyl (C=O) groups excluding carboxylic acids is 3. The molecule has 0 spiro atoms. The van der Waals surface area contributed by atoms with Crippen molar-refractivity contribution in [3.05, 3.63) is 36.5 Å². The Bertz CT molecular complexity index is 601. The molecule has 0 saturated carbocycles. The number of hydrogen-bond acceptors (Lipinski definition) is 9. The van der Waals surface area contributed by atoms with Gasteiger partial charge in [-0.15, -0.1) is 0 Å². The molecular formula is C18H26O9. The highest BCUT2D eigenvalue weighted by atomic mass is 16.7. The molecule has 0 heterocycles. The van der Waals surface area contributed by atoms with Crippen molar-refractivity contribution in [1.29, 1.82) is 0 Å². The molecule has 152 valence electrons. The van der Waals surface area contributed by atoms with Gasteiger partial charge in [0.05, 0.1) is 13.2 Å². The van der Waals surface area contributed by atoms with Crippen LogP contribution in [0.5, 0.6) is 0 Å². The zero-order valence-corrected chi connectivity index (χ0v) is 15.7. The van der Waals surface area contributed by atoms with Crippen LogP contribution in [0.1, 0.15) is 20.8 Å². The van der Waals surface area contributed by atoms with Crippen molar-refractivity contribution in [3.63, 3.8) is 0 Å². The minimum Gasteiger partial charge on any atom is -0.461 e. The highest BCUT2D eigenvalue weighted by molar-refractivity contribution is 5.89. The van der Waals surface area contributed by atoms with E-state index in [1.807, 2.05) is 0 Å². The van der Waals surface area contributed by atoms with E-state index in [0.717, 1.165) is 0 Å². The van der Waals surface area contributed by atoms with Crippen LogP contribution < -0.4 is 0 Å². The first-order chi connectivity index (χ1) is 12.4. The topological polar surface area (TPSA) is 140 Å². The van der Waals surface area contributed by atoms with Gasteiger partial charge >= 0.3 is 17.9 Å². The summed E-state index contributed by atoms with van der Waals surface area (Å²) in [4.78, 5) is 35.8. The van der Waals surface area contributed by atoms with Gasteiger partial charge in [-0.05, 0) is 20.8 Å². The number of hydrogen-bond donors (Lipinski definition) is 3. The van der Waals surface area contributed by atoms with Crippen LogP contribution in [-0.2, 0) is 28.6 Å². The van der Waals surface area contributed by atoms with Gasteiger partial charge in [-0.25, -0.2) is 14.4 Å². The maximum Gasteiger partial charge on any atom is 0.336 e. The Balaban J connectivity index is 6.23. The van der Waals surface area contributed by atoms with Crippen LogP contribution in [-0.4, -0.2) is 65.4 Å². The summed E-state index contributed by atoms with van der Waals surface area (Å²) in [6.45, 7) is 10.2. The third kappa shape index (κ3) is 5.75. The first kappa shape index (κ1) is 24.5. The summed E-state index contributed by atoms with van der Waals surface area (Å²) in [5.74, 6) is -5.60. The van der Waals surface area contributed by atoms with E-state index in [2.05, 4.69) is 19.7 Å². The summed E-state index contributed by atoms with van der Waals surface area (Å²) in [6, 6.07) is 0. The smallest absolute Gasteiger partial charge is 0.336 e. The molecule has 0 amide bonds. The molecule has 0 radical (unpaired) electrons. The van der Waals surface area contributed by atoms with Crippen LogP contribution >= 0.6 is 0 Å². The van der Waals surface area contributed by atoms with Crippen LogP contribution in [0.2, 0.25) is 0 Å². The van der Waals surface area contributed by atoms with Gasteiger partial charge < -0.3 is 29.5 Å². The van der Waals surface area contributed by atoms with Crippen molar-refractivity contribution in [3.8, 4) is 0 Å². The summed E-state index contributed by atoms with van der Waals surface area (Å²) >= 11 is 0. The minimum atomic E-state index is -2.59. The highest BCUT2D eigenvalue weighted by Crippen LogP contribution is 2.37. The second-order valence-corrected chi connectivity index (χ2v) is 6.20. The molecule has 0 atom stereocenters. The molecular weight excluding hydrogens is 360 g/mol. The molecule has 0 saturated heterocycles. The third-order valence-corrected chi connectivity index (χ3v) is 3.66. The average Bonchev–Trinajstić information content (AvgIpc) is 2.61. The minimum absolute atomic E-state index is 0.0206. The summed E-state index contributed by atoms with van der Waals surface area (Å²) < 4.78 is 15.2. The lowest BCUT2D eigenvalue weighted by atomic mass is 9.80. The Morgan fingerprint density at radius 3 is 1.37 bits per heavy atom. The molecule has 27 heavy (non-hydrogen) atoms. The van der Waals surface area contributed by atoms with E-state index in [9.17, 15) is 29.7 Å². The Labute approximate surface area is 157 Å². The fraction of sp³-hybridized carbons (Fsp3) is 0.500. The maximum atomic E-state index is 12.1. The molecule has 0 unspecified atom stereocenters. The van der Waals surface area contributed by atoms with Crippen molar-refractivity contribution in [2.45, 2.75) is 26.6 Å². The SMILES string of the molecule is C=C(C)C(=O)OCC(CO)(CO)C(CO)(OC(=O)C(=C)C)OC(=O)C(=C)C. The standard InChI is InChI=1S/C18H26O9/c1-11(2)14(22)25-10-17(7-19,8-20)18(9-21,26-15(23)12(3)4)27-16(24)13(5)6/h19-21H,1,3,5,7-10H2,2,4,6H3. The highest BCUT2D eigenvalue weighted by Gasteiger charge is 2.59. The van der Waals surface area contributed by atoms with Crippen molar-refractivity contribution >= 4 is 17.9 Å². The number of aliphatic hydroxyl groups excluding tert-OH is 3. The molecule has 0 aromatic rings. The van der Waals surface area contributed by atoms with E-state index in [0.29, 0.717) is 0 Å². The predicted molar refractivity (Wildman–Crippen MR) is 94.0 cm³/mol. The van der Waals surface area contributed by atoms with Gasteiger partial charge in [-0.3, -0.25) is 0 Å². The normalized spacial score (nSPS) is 11.3. The number of ether oxygens (including phenoxy) is 3. The molecule has 0 aliphatic carbocycles. The van der Waals surface area contributed by atoms with Gasteiger partial charge in [0.1, 0.15) is 18.6 Å². The predicted octanol–water partition coefficient (Wildman–Crippen LogP) is 0.00390. The van der Waals surface area contributed by atoms with E-state index in [4.69, 9.17) is 14.2 Å². The summed E-state index contributed by atoms with van der Waals surface area (Å²) in [7, 11) is 0. The lowest BCUT2D eigenvalue weighted by Crippen LogP contribution is -2.63. The molecule has 0 bridgehead atoms. The van der Waals surface area contributed by atoms with Gasteiger partial charge in [0.2, 0.25) is 0 Å². The molecule has 0 aliphatic rings. The zero-order valence-electron chi connectivity index (χ0n) is 15.7. The van der Waals surface area contributed by atoms with Crippen LogP contribution in [0, 0.1) is 5.41 Å². The van der Waals surface area contributed by atoms with E-state index >= 15 is 0 Å². The summed E-state index contributed by atoms with van der Waals surface area (Å²) in [5, 5.41) is 29.7. The van der Waals surface area contributed by atoms with Crippen molar-refractivity contribution in [2.24, 2.45) is 5.41 Å². The van der Waals surface area contributed by atoms with Crippen LogP contribution in [0.3, 0.4) is 0 Å². The number of esters is 3. The summed E-state index contributed by atoms with van der Waals surface area (Å²) in [6.07, 6.45) is 0. The number of aliphatic hydroxyl groups is 3. The first-order valence-corrected chi connectivity index (χ1v) is 7.85. The van der Waals surface area contributed by atoms with Crippen molar-refractivity contribution in [2.75, 3.05) is 26.4 Å². The molecule has 0 aromatic carbocycles. The summed E-state index contributed by atoms with van der Waals surface area (Å²) in [5.41, 5.74) is -2.29. The lowest BCUT2D eigenvalue weighted by molar-refractivity contribution is -0.302. The first-order valence-electron chi connectivity index (χ1n) is 7.85. The van der Waals surface area contributed by atoms with Gasteiger partial charge in [-0.2, -0.15) is 0 Å². The zero-order chi connectivity index (χ0) is 21.4. The second kappa shape index (κ2) is 10.0. The maximum absolute atomic E-state index is 12.1. The molecule has 9 nitrogen and oxygen atoms in total. The molecule has 3 N–H and O–H groups in total. The van der Waals surface area contributed by atoms with Gasteiger partial charge in [0.25, 0.3) is 5.79 Å². The fourth-order valence-corrected chi connectivity index (χ4v) is 1.76. The second-order valence-electron chi connectivity index (χ2n) is 6.20. The Kier molecular flexibility index (Phi) is 9.08. The van der Waals surface area contributed by atoms with Crippen molar-refractivity contribution < 1.29 is 43.9 Å². The Morgan fingerprint density at radius 1 is 0.741 bits per heavy atom. The van der Waals surface area contributed by atoms with Crippen molar-refractivity contribution in [1.82, 2.24) is 0 Å². The molecule has 0 fully saturated rings. The fourth-order valence-electron chi connectivity index (χ4n) is 1.76. The Hall–Kier alpha value is -2.49. The third-order valence-electron chi connectivity index (χ3n) is 3.66. The molecule has 0 aromatic heterocycles. The number of rotatable bonds is 11. The van der Waals surface area contributed by atoms with Crippen LogP contribution in [0.4, 0.5) is 0 Å². The molecule has 0 aliphatic heterocycles. The van der Waals surface area contributed by atoms with Gasteiger partial charge in [0, 0.05) is 16.7 Å². The van der Waals surface area contributed by atoms with E-state index in [-0.39, 0.29) is 16.7 Å². The van der Waals surface area contributed by atoms with Gasteiger partial charge in [0.15, 0.2) is 0 Å². The lowest BCUT2D eigenvalue weighted by Gasteiger charge is -2.44. The average molecular weight is 386 g/mol. The van der Waals surface area contributed by atoms with Crippen LogP contribution in [0.15, 0.2) is 36.5 Å². The van der Waals surface area contributed by atoms with E-state index in [1.54, 1.807) is 0 Å².